The monoisotopic (exact) mass is 345 g/mol. The van der Waals surface area contributed by atoms with Crippen LogP contribution in [-0.2, 0) is 10.0 Å². The van der Waals surface area contributed by atoms with Gasteiger partial charge in [-0.1, -0.05) is 44.2 Å². The van der Waals surface area contributed by atoms with Crippen LogP contribution < -0.4 is 5.14 Å². The van der Waals surface area contributed by atoms with Crippen molar-refractivity contribution in [2.75, 3.05) is 0 Å². The third-order valence-electron chi connectivity index (χ3n) is 4.44. The third-order valence-corrected chi connectivity index (χ3v) is 5.37. The van der Waals surface area contributed by atoms with Crippen LogP contribution in [-0.4, -0.2) is 8.42 Å². The Bertz CT molecular complexity index is 882. The second-order valence-corrected chi connectivity index (χ2v) is 8.53. The molecule has 1 atom stereocenters. The molecule has 0 bridgehead atoms. The number of primary sulfonamides is 1. The van der Waals surface area contributed by atoms with E-state index in [9.17, 15) is 12.8 Å². The van der Waals surface area contributed by atoms with Crippen molar-refractivity contribution < 1.29 is 12.8 Å². The molecule has 24 heavy (non-hydrogen) atoms. The molecule has 1 unspecified atom stereocenters. The van der Waals surface area contributed by atoms with Crippen LogP contribution in [0.5, 0.6) is 0 Å². The first kappa shape index (κ1) is 16.9. The Morgan fingerprint density at radius 1 is 1.04 bits per heavy atom. The number of hydrogen-bond donors (Lipinski definition) is 1. The molecule has 5 heteroatoms. The fraction of sp³-hybridized carbons (Fsp3) is 0.263. The van der Waals surface area contributed by atoms with Gasteiger partial charge in [0.15, 0.2) is 0 Å². The Balaban J connectivity index is 2.00. The maximum Gasteiger partial charge on any atom is 0.238 e. The first-order chi connectivity index (χ1) is 11.2. The van der Waals surface area contributed by atoms with Crippen molar-refractivity contribution >= 4 is 15.6 Å². The Hall–Kier alpha value is -1.98. The molecule has 0 spiro atoms. The highest BCUT2D eigenvalue weighted by molar-refractivity contribution is 7.89. The molecule has 3 nitrogen and oxygen atoms in total. The number of allylic oxidation sites excluding steroid dienone is 2. The number of rotatable bonds is 3. The SMILES string of the molecule is CC1(C)C=C(c2ccc(F)cc2)C(c2ccc(S(N)(=O)=O)cc2)C1. The maximum absolute atomic E-state index is 13.2. The zero-order valence-electron chi connectivity index (χ0n) is 13.7. The quantitative estimate of drug-likeness (QED) is 0.911. The standard InChI is InChI=1S/C19H20FNO2S/c1-19(2)11-17(13-3-7-15(20)8-4-13)18(12-19)14-5-9-16(10-6-14)24(21,22)23/h3-11,18H,12H2,1-2H3,(H2,21,22,23). The second-order valence-electron chi connectivity index (χ2n) is 6.97. The van der Waals surface area contributed by atoms with Crippen molar-refractivity contribution in [2.45, 2.75) is 31.1 Å². The summed E-state index contributed by atoms with van der Waals surface area (Å²) in [4.78, 5) is 0.107. The predicted octanol–water partition coefficient (Wildman–Crippen LogP) is 4.07. The van der Waals surface area contributed by atoms with Crippen LogP contribution in [0.25, 0.3) is 5.57 Å². The molecular formula is C19H20FNO2S. The minimum Gasteiger partial charge on any atom is -0.225 e. The molecule has 1 aliphatic carbocycles. The molecule has 2 aromatic carbocycles. The number of benzene rings is 2. The van der Waals surface area contributed by atoms with Crippen LogP contribution in [0.1, 0.15) is 37.3 Å². The fourth-order valence-electron chi connectivity index (χ4n) is 3.33. The average Bonchev–Trinajstić information content (AvgIpc) is 2.83. The zero-order valence-corrected chi connectivity index (χ0v) is 14.5. The van der Waals surface area contributed by atoms with E-state index in [0.717, 1.165) is 23.1 Å². The molecule has 0 radical (unpaired) electrons. The van der Waals surface area contributed by atoms with Gasteiger partial charge in [0.05, 0.1) is 4.90 Å². The molecular weight excluding hydrogens is 325 g/mol. The van der Waals surface area contributed by atoms with Crippen LogP contribution >= 0.6 is 0 Å². The van der Waals surface area contributed by atoms with Crippen molar-refractivity contribution in [2.24, 2.45) is 10.6 Å². The molecule has 0 fully saturated rings. The molecule has 2 N–H and O–H groups in total. The summed E-state index contributed by atoms with van der Waals surface area (Å²) < 4.78 is 36.0. The van der Waals surface area contributed by atoms with Gasteiger partial charge in [0.2, 0.25) is 10.0 Å². The van der Waals surface area contributed by atoms with Crippen LogP contribution in [0.4, 0.5) is 4.39 Å². The van der Waals surface area contributed by atoms with Gasteiger partial charge in [0.1, 0.15) is 5.82 Å². The van der Waals surface area contributed by atoms with Gasteiger partial charge in [-0.3, -0.25) is 0 Å². The molecule has 0 saturated carbocycles. The molecule has 1 aliphatic rings. The number of halogens is 1. The predicted molar refractivity (Wildman–Crippen MR) is 93.3 cm³/mol. The van der Waals surface area contributed by atoms with Crippen molar-refractivity contribution in [3.8, 4) is 0 Å². The van der Waals surface area contributed by atoms with Gasteiger partial charge < -0.3 is 0 Å². The van der Waals surface area contributed by atoms with Crippen molar-refractivity contribution in [1.82, 2.24) is 0 Å². The number of sulfonamides is 1. The van der Waals surface area contributed by atoms with Gasteiger partial charge in [-0.25, -0.2) is 17.9 Å². The van der Waals surface area contributed by atoms with E-state index in [0.29, 0.717) is 0 Å². The van der Waals surface area contributed by atoms with Gasteiger partial charge >= 0.3 is 0 Å². The maximum atomic E-state index is 13.2. The summed E-state index contributed by atoms with van der Waals surface area (Å²) in [5.74, 6) is -0.120. The molecule has 0 aliphatic heterocycles. The minimum absolute atomic E-state index is 0.0208. The summed E-state index contributed by atoms with van der Waals surface area (Å²) >= 11 is 0. The lowest BCUT2D eigenvalue weighted by Gasteiger charge is -2.19. The lowest BCUT2D eigenvalue weighted by atomic mass is 9.85. The van der Waals surface area contributed by atoms with Gasteiger partial charge in [0.25, 0.3) is 0 Å². The summed E-state index contributed by atoms with van der Waals surface area (Å²) in [5.41, 5.74) is 3.18. The Labute approximate surface area is 142 Å². The van der Waals surface area contributed by atoms with Crippen LogP contribution in [0.15, 0.2) is 59.5 Å². The normalized spacial score (nSPS) is 20.0. The molecule has 0 saturated heterocycles. The molecule has 126 valence electrons. The van der Waals surface area contributed by atoms with Crippen LogP contribution in [0.3, 0.4) is 0 Å². The molecule has 0 heterocycles. The summed E-state index contributed by atoms with van der Waals surface area (Å²) in [6, 6.07) is 13.2. The topological polar surface area (TPSA) is 60.2 Å². The average molecular weight is 345 g/mol. The first-order valence-electron chi connectivity index (χ1n) is 7.77. The highest BCUT2D eigenvalue weighted by atomic mass is 32.2. The van der Waals surface area contributed by atoms with E-state index >= 15 is 0 Å². The van der Waals surface area contributed by atoms with Crippen LogP contribution in [0, 0.1) is 11.2 Å². The summed E-state index contributed by atoms with van der Waals surface area (Å²) in [5, 5.41) is 5.16. The van der Waals surface area contributed by atoms with E-state index in [1.165, 1.54) is 24.3 Å². The fourth-order valence-corrected chi connectivity index (χ4v) is 3.85. The van der Waals surface area contributed by atoms with Gasteiger partial charge in [-0.2, -0.15) is 0 Å². The smallest absolute Gasteiger partial charge is 0.225 e. The molecule has 3 rings (SSSR count). The number of nitrogens with two attached hydrogens (primary N) is 1. The third kappa shape index (κ3) is 3.42. The van der Waals surface area contributed by atoms with Crippen LogP contribution in [0.2, 0.25) is 0 Å². The Kier molecular flexibility index (Phi) is 4.10. The summed E-state index contributed by atoms with van der Waals surface area (Å²) in [6.45, 7) is 4.32. The van der Waals surface area contributed by atoms with Gasteiger partial charge in [-0.15, -0.1) is 0 Å². The summed E-state index contributed by atoms with van der Waals surface area (Å²) in [7, 11) is -3.69. The highest BCUT2D eigenvalue weighted by Crippen LogP contribution is 2.49. The molecule has 0 aromatic heterocycles. The Morgan fingerprint density at radius 3 is 2.17 bits per heavy atom. The lowest BCUT2D eigenvalue weighted by molar-refractivity contribution is 0.449. The van der Waals surface area contributed by atoms with Crippen molar-refractivity contribution in [1.29, 1.82) is 0 Å². The largest absolute Gasteiger partial charge is 0.238 e. The van der Waals surface area contributed by atoms with Crippen molar-refractivity contribution in [3.05, 3.63) is 71.6 Å². The van der Waals surface area contributed by atoms with Crippen molar-refractivity contribution in [3.63, 3.8) is 0 Å². The van der Waals surface area contributed by atoms with E-state index in [4.69, 9.17) is 5.14 Å². The highest BCUT2D eigenvalue weighted by Gasteiger charge is 2.33. The molecule has 0 amide bonds. The van der Waals surface area contributed by atoms with E-state index < -0.39 is 10.0 Å². The first-order valence-corrected chi connectivity index (χ1v) is 9.32. The van der Waals surface area contributed by atoms with Gasteiger partial charge in [-0.05, 0) is 52.8 Å². The van der Waals surface area contributed by atoms with E-state index in [1.807, 2.05) is 12.1 Å². The summed E-state index contributed by atoms with van der Waals surface area (Å²) in [6.07, 6.45) is 3.13. The zero-order chi connectivity index (χ0) is 17.5. The Morgan fingerprint density at radius 2 is 1.62 bits per heavy atom. The van der Waals surface area contributed by atoms with E-state index in [2.05, 4.69) is 19.9 Å². The van der Waals surface area contributed by atoms with Gasteiger partial charge in [0, 0.05) is 5.92 Å². The lowest BCUT2D eigenvalue weighted by Crippen LogP contribution is -2.12. The molecule has 2 aromatic rings. The second kappa shape index (κ2) is 5.83. The van der Waals surface area contributed by atoms with E-state index in [-0.39, 0.29) is 22.0 Å². The minimum atomic E-state index is -3.69. The van der Waals surface area contributed by atoms with E-state index in [1.54, 1.807) is 12.1 Å². The number of hydrogen-bond acceptors (Lipinski definition) is 2.